The van der Waals surface area contributed by atoms with Crippen LogP contribution in [0.25, 0.3) is 0 Å². The fraction of sp³-hybridized carbons (Fsp3) is 0.438. The van der Waals surface area contributed by atoms with Gasteiger partial charge in [-0.05, 0) is 32.0 Å². The van der Waals surface area contributed by atoms with Gasteiger partial charge in [-0.15, -0.1) is 0 Å². The molecule has 1 aromatic carbocycles. The van der Waals surface area contributed by atoms with Gasteiger partial charge in [-0.3, -0.25) is 9.69 Å². The molecule has 0 unspecified atom stereocenters. The van der Waals surface area contributed by atoms with Crippen molar-refractivity contribution < 1.29 is 28.2 Å². The highest BCUT2D eigenvalue weighted by Gasteiger charge is 2.33. The Labute approximate surface area is 138 Å². The number of ether oxygens (including phenoxy) is 2. The smallest absolute Gasteiger partial charge is 0.414 e. The lowest BCUT2D eigenvalue weighted by Crippen LogP contribution is -2.33. The number of hydrogen-bond donors (Lipinski definition) is 1. The number of amides is 2. The zero-order valence-corrected chi connectivity index (χ0v) is 13.7. The first-order valence-corrected chi connectivity index (χ1v) is 7.51. The lowest BCUT2D eigenvalue weighted by molar-refractivity contribution is -0.119. The van der Waals surface area contributed by atoms with Crippen molar-refractivity contribution in [1.29, 1.82) is 0 Å². The van der Waals surface area contributed by atoms with Crippen molar-refractivity contribution in [3.05, 3.63) is 29.6 Å². The Balaban J connectivity index is 2.10. The third kappa shape index (κ3) is 4.21. The highest BCUT2D eigenvalue weighted by molar-refractivity contribution is 5.93. The minimum Gasteiger partial charge on any atom is -0.459 e. The molecule has 0 aromatic heterocycles. The summed E-state index contributed by atoms with van der Waals surface area (Å²) >= 11 is 0. The van der Waals surface area contributed by atoms with Gasteiger partial charge >= 0.3 is 12.1 Å². The van der Waals surface area contributed by atoms with E-state index in [0.29, 0.717) is 0 Å². The third-order valence-corrected chi connectivity index (χ3v) is 3.28. The van der Waals surface area contributed by atoms with E-state index >= 15 is 0 Å². The maximum absolute atomic E-state index is 14.1. The lowest BCUT2D eigenvalue weighted by atomic mass is 10.1. The highest BCUT2D eigenvalue weighted by Crippen LogP contribution is 2.24. The Hall–Kier alpha value is -2.64. The van der Waals surface area contributed by atoms with Gasteiger partial charge in [0.05, 0.1) is 30.4 Å². The number of anilines is 1. The van der Waals surface area contributed by atoms with Crippen molar-refractivity contribution in [2.45, 2.75) is 33.0 Å². The largest absolute Gasteiger partial charge is 0.459 e. The molecule has 1 aliphatic rings. The van der Waals surface area contributed by atoms with Gasteiger partial charge in [-0.25, -0.2) is 14.0 Å². The minimum atomic E-state index is -0.781. The van der Waals surface area contributed by atoms with Crippen LogP contribution in [0, 0.1) is 5.82 Å². The molecule has 0 radical (unpaired) electrons. The van der Waals surface area contributed by atoms with E-state index in [1.54, 1.807) is 13.8 Å². The van der Waals surface area contributed by atoms with Crippen molar-refractivity contribution in [2.24, 2.45) is 0 Å². The monoisotopic (exact) mass is 338 g/mol. The molecule has 24 heavy (non-hydrogen) atoms. The number of benzene rings is 1. The number of carbonyl (C=O) groups excluding carboxylic acids is 3. The summed E-state index contributed by atoms with van der Waals surface area (Å²) in [5.74, 6) is -1.78. The molecule has 1 atom stereocenters. The molecule has 0 saturated carbocycles. The molecule has 7 nitrogen and oxygen atoms in total. The van der Waals surface area contributed by atoms with E-state index in [9.17, 15) is 18.8 Å². The van der Waals surface area contributed by atoms with Gasteiger partial charge < -0.3 is 14.8 Å². The van der Waals surface area contributed by atoms with Crippen LogP contribution in [0.3, 0.4) is 0 Å². The molecule has 1 heterocycles. The number of hydrogen-bond acceptors (Lipinski definition) is 5. The second kappa shape index (κ2) is 7.29. The first-order chi connectivity index (χ1) is 11.3. The van der Waals surface area contributed by atoms with Gasteiger partial charge in [0.1, 0.15) is 11.9 Å². The molecular weight excluding hydrogens is 319 g/mol. The number of esters is 1. The molecule has 2 amide bonds. The topological polar surface area (TPSA) is 84.9 Å². The maximum Gasteiger partial charge on any atom is 0.414 e. The van der Waals surface area contributed by atoms with Crippen molar-refractivity contribution in [2.75, 3.05) is 18.0 Å². The van der Waals surface area contributed by atoms with Crippen LogP contribution in [0.5, 0.6) is 0 Å². The molecule has 2 rings (SSSR count). The van der Waals surface area contributed by atoms with Gasteiger partial charge in [0, 0.05) is 6.92 Å². The zero-order valence-electron chi connectivity index (χ0n) is 13.7. The summed E-state index contributed by atoms with van der Waals surface area (Å²) in [7, 11) is 0. The van der Waals surface area contributed by atoms with Crippen LogP contribution >= 0.6 is 0 Å². The predicted molar refractivity (Wildman–Crippen MR) is 83.3 cm³/mol. The fourth-order valence-electron chi connectivity index (χ4n) is 2.21. The van der Waals surface area contributed by atoms with Crippen molar-refractivity contribution in [3.8, 4) is 0 Å². The zero-order chi connectivity index (χ0) is 17.9. The molecule has 130 valence electrons. The van der Waals surface area contributed by atoms with Gasteiger partial charge in [0.15, 0.2) is 0 Å². The molecule has 0 bridgehead atoms. The molecule has 8 heteroatoms. The molecule has 1 aliphatic heterocycles. The maximum atomic E-state index is 14.1. The standard InChI is InChI=1S/C16H19FN2O5/c1-9(2)23-15(21)13-5-4-11(6-14(13)17)19-8-12(24-16(19)22)7-18-10(3)20/h4-6,9,12H,7-8H2,1-3H3,(H,18,20)/t12-/m0/s1. The molecule has 1 fully saturated rings. The van der Waals surface area contributed by atoms with E-state index < -0.39 is 24.0 Å². The quantitative estimate of drug-likeness (QED) is 0.828. The summed E-state index contributed by atoms with van der Waals surface area (Å²) in [5, 5.41) is 2.56. The number of halogens is 1. The SMILES string of the molecule is CC(=O)NC[C@H]1CN(c2ccc(C(=O)OC(C)C)c(F)c2)C(=O)O1. The van der Waals surface area contributed by atoms with E-state index in [2.05, 4.69) is 5.32 Å². The summed E-state index contributed by atoms with van der Waals surface area (Å²) in [6, 6.07) is 3.80. The van der Waals surface area contributed by atoms with Crippen LogP contribution in [-0.2, 0) is 14.3 Å². The average molecular weight is 338 g/mol. The third-order valence-electron chi connectivity index (χ3n) is 3.28. The fourth-order valence-corrected chi connectivity index (χ4v) is 2.21. The Morgan fingerprint density at radius 2 is 2.17 bits per heavy atom. The lowest BCUT2D eigenvalue weighted by Gasteiger charge is -2.14. The van der Waals surface area contributed by atoms with E-state index in [-0.39, 0.29) is 36.4 Å². The highest BCUT2D eigenvalue weighted by atomic mass is 19.1. The summed E-state index contributed by atoms with van der Waals surface area (Å²) in [6.45, 7) is 5.05. The Kier molecular flexibility index (Phi) is 5.38. The van der Waals surface area contributed by atoms with Crippen molar-refractivity contribution in [3.63, 3.8) is 0 Å². The van der Waals surface area contributed by atoms with Crippen LogP contribution < -0.4 is 10.2 Å². The molecule has 0 aliphatic carbocycles. The van der Waals surface area contributed by atoms with Crippen LogP contribution in [0.2, 0.25) is 0 Å². The van der Waals surface area contributed by atoms with Crippen LogP contribution in [0.1, 0.15) is 31.1 Å². The van der Waals surface area contributed by atoms with Crippen molar-refractivity contribution >= 4 is 23.7 Å². The minimum absolute atomic E-state index is 0.175. The number of carbonyl (C=O) groups is 3. The van der Waals surface area contributed by atoms with Gasteiger partial charge in [-0.1, -0.05) is 0 Å². The number of nitrogens with zero attached hydrogens (tertiary/aromatic N) is 1. The number of rotatable bonds is 5. The van der Waals surface area contributed by atoms with E-state index in [1.165, 1.54) is 24.0 Å². The Bertz CT molecular complexity index is 662. The van der Waals surface area contributed by atoms with E-state index in [0.717, 1.165) is 6.07 Å². The first-order valence-electron chi connectivity index (χ1n) is 7.51. The normalized spacial score (nSPS) is 17.0. The predicted octanol–water partition coefficient (Wildman–Crippen LogP) is 1.85. The van der Waals surface area contributed by atoms with E-state index in [4.69, 9.17) is 9.47 Å². The second-order valence-corrected chi connectivity index (χ2v) is 5.67. The van der Waals surface area contributed by atoms with Gasteiger partial charge in [0.25, 0.3) is 0 Å². The number of nitrogens with one attached hydrogen (secondary N) is 1. The van der Waals surface area contributed by atoms with Gasteiger partial charge in [0.2, 0.25) is 5.91 Å². The second-order valence-electron chi connectivity index (χ2n) is 5.67. The summed E-state index contributed by atoms with van der Waals surface area (Å²) < 4.78 is 24.2. The molecular formula is C16H19FN2O5. The summed E-state index contributed by atoms with van der Waals surface area (Å²) in [4.78, 5) is 35.8. The molecule has 0 spiro atoms. The molecule has 1 aromatic rings. The van der Waals surface area contributed by atoms with E-state index in [1.807, 2.05) is 0 Å². The van der Waals surface area contributed by atoms with Crippen LogP contribution in [0.4, 0.5) is 14.9 Å². The van der Waals surface area contributed by atoms with Gasteiger partial charge in [-0.2, -0.15) is 0 Å². The molecule has 1 N–H and O–H groups in total. The van der Waals surface area contributed by atoms with Crippen molar-refractivity contribution in [1.82, 2.24) is 5.32 Å². The number of cyclic esters (lactones) is 1. The Morgan fingerprint density at radius 1 is 1.46 bits per heavy atom. The summed E-state index contributed by atoms with van der Waals surface area (Å²) in [6.07, 6.45) is -1.52. The first kappa shape index (κ1) is 17.7. The van der Waals surface area contributed by atoms with Crippen LogP contribution in [-0.4, -0.2) is 43.3 Å². The molecule has 1 saturated heterocycles. The average Bonchev–Trinajstić information content (AvgIpc) is 2.85. The van der Waals surface area contributed by atoms with Crippen LogP contribution in [0.15, 0.2) is 18.2 Å². The summed E-state index contributed by atoms with van der Waals surface area (Å²) in [5.41, 5.74) is 0.0683. The Morgan fingerprint density at radius 3 is 2.75 bits per heavy atom.